The van der Waals surface area contributed by atoms with Crippen LogP contribution in [0.4, 0.5) is 0 Å². The quantitative estimate of drug-likeness (QED) is 0.774. The molecule has 0 saturated heterocycles. The highest BCUT2D eigenvalue weighted by atomic mass is 79.9. The average Bonchev–Trinajstić information content (AvgIpc) is 2.37. The largest absolute Gasteiger partial charge is 0.467 e. The first-order valence-electron chi connectivity index (χ1n) is 3.64. The Bertz CT molecular complexity index is 222. The van der Waals surface area contributed by atoms with E-state index in [0.29, 0.717) is 0 Å². The van der Waals surface area contributed by atoms with Crippen LogP contribution in [0.2, 0.25) is 0 Å². The first kappa shape index (κ1) is 8.81. The van der Waals surface area contributed by atoms with Gasteiger partial charge in [0.15, 0.2) is 0 Å². The Morgan fingerprint density at radius 3 is 2.82 bits per heavy atom. The van der Waals surface area contributed by atoms with Crippen LogP contribution in [0.1, 0.15) is 12.7 Å². The third-order valence-corrected chi connectivity index (χ3v) is 2.35. The fraction of sp³-hybridized carbons (Fsp3) is 0.500. The van der Waals surface area contributed by atoms with Gasteiger partial charge in [0.2, 0.25) is 0 Å². The third-order valence-electron chi connectivity index (χ3n) is 1.64. The molecule has 0 aliphatic heterocycles. The maximum absolute atomic E-state index is 5.25. The predicted octanol–water partition coefficient (Wildman–Crippen LogP) is 2.49. The lowest BCUT2D eigenvalue weighted by Gasteiger charge is -2.11. The topological polar surface area (TPSA) is 16.4 Å². The molecule has 0 bridgehead atoms. The zero-order valence-electron chi connectivity index (χ0n) is 6.80. The van der Waals surface area contributed by atoms with Crippen LogP contribution >= 0.6 is 15.9 Å². The molecule has 1 heterocycles. The van der Waals surface area contributed by atoms with Crippen molar-refractivity contribution in [3.63, 3.8) is 0 Å². The van der Waals surface area contributed by atoms with Crippen molar-refractivity contribution in [2.45, 2.75) is 13.5 Å². The minimum atomic E-state index is 0.865. The Kier molecular flexibility index (Phi) is 3.15. The van der Waals surface area contributed by atoms with Crippen LogP contribution < -0.4 is 0 Å². The van der Waals surface area contributed by atoms with Crippen LogP contribution in [0.5, 0.6) is 0 Å². The first-order chi connectivity index (χ1) is 5.24. The summed E-state index contributed by atoms with van der Waals surface area (Å²) in [6.07, 6.45) is 1.70. The molecule has 0 atom stereocenters. The van der Waals surface area contributed by atoms with Gasteiger partial charge in [-0.25, -0.2) is 0 Å². The molecule has 3 heteroatoms. The highest BCUT2D eigenvalue weighted by Gasteiger charge is 2.04. The summed E-state index contributed by atoms with van der Waals surface area (Å²) in [6.45, 7) is 4.02. The standard InChI is InChI=1S/C8H12BrNO/c1-3-10(2)6-8-7(9)4-5-11-8/h4-5H,3,6H2,1-2H3. The highest BCUT2D eigenvalue weighted by molar-refractivity contribution is 9.10. The molecule has 62 valence electrons. The van der Waals surface area contributed by atoms with Gasteiger partial charge in [0.05, 0.1) is 17.3 Å². The molecule has 0 aliphatic carbocycles. The molecule has 0 aliphatic rings. The van der Waals surface area contributed by atoms with E-state index in [9.17, 15) is 0 Å². The highest BCUT2D eigenvalue weighted by Crippen LogP contribution is 2.18. The van der Waals surface area contributed by atoms with E-state index in [1.54, 1.807) is 6.26 Å². The van der Waals surface area contributed by atoms with Gasteiger partial charge in [-0.2, -0.15) is 0 Å². The van der Waals surface area contributed by atoms with Crippen molar-refractivity contribution in [1.82, 2.24) is 4.90 Å². The van der Waals surface area contributed by atoms with Crippen molar-refractivity contribution in [3.05, 3.63) is 22.6 Å². The normalized spacial score (nSPS) is 10.9. The summed E-state index contributed by atoms with van der Waals surface area (Å²) in [5.74, 6) is 0.995. The van der Waals surface area contributed by atoms with Crippen molar-refractivity contribution >= 4 is 15.9 Å². The van der Waals surface area contributed by atoms with E-state index < -0.39 is 0 Å². The zero-order valence-corrected chi connectivity index (χ0v) is 8.39. The monoisotopic (exact) mass is 217 g/mol. The minimum absolute atomic E-state index is 0.865. The molecule has 1 aromatic rings. The van der Waals surface area contributed by atoms with Crippen LogP contribution in [0, 0.1) is 0 Å². The van der Waals surface area contributed by atoms with E-state index in [1.807, 2.05) is 6.07 Å². The summed E-state index contributed by atoms with van der Waals surface area (Å²) < 4.78 is 6.30. The fourth-order valence-electron chi connectivity index (χ4n) is 0.795. The fourth-order valence-corrected chi connectivity index (χ4v) is 1.12. The number of rotatable bonds is 3. The molecule has 0 fully saturated rings. The maximum Gasteiger partial charge on any atom is 0.131 e. The van der Waals surface area contributed by atoms with Crippen molar-refractivity contribution in [2.75, 3.05) is 13.6 Å². The van der Waals surface area contributed by atoms with E-state index >= 15 is 0 Å². The summed E-state index contributed by atoms with van der Waals surface area (Å²) in [6, 6.07) is 1.92. The molecule has 0 spiro atoms. The second-order valence-corrected chi connectivity index (χ2v) is 3.38. The first-order valence-corrected chi connectivity index (χ1v) is 4.43. The third kappa shape index (κ3) is 2.34. The molecule has 0 unspecified atom stereocenters. The van der Waals surface area contributed by atoms with Crippen molar-refractivity contribution < 1.29 is 4.42 Å². The molecule has 0 saturated carbocycles. The maximum atomic E-state index is 5.25. The van der Waals surface area contributed by atoms with Gasteiger partial charge in [-0.1, -0.05) is 6.92 Å². The van der Waals surface area contributed by atoms with Gasteiger partial charge >= 0.3 is 0 Å². The lowest BCUT2D eigenvalue weighted by Crippen LogP contribution is -2.16. The van der Waals surface area contributed by atoms with Gasteiger partial charge in [-0.05, 0) is 35.6 Å². The second kappa shape index (κ2) is 3.93. The molecule has 2 nitrogen and oxygen atoms in total. The zero-order chi connectivity index (χ0) is 8.27. The molecule has 1 rings (SSSR count). The number of hydrogen-bond donors (Lipinski definition) is 0. The minimum Gasteiger partial charge on any atom is -0.467 e. The number of furan rings is 1. The Balaban J connectivity index is 2.56. The number of hydrogen-bond acceptors (Lipinski definition) is 2. The van der Waals surface area contributed by atoms with E-state index in [1.165, 1.54) is 0 Å². The van der Waals surface area contributed by atoms with Gasteiger partial charge in [-0.3, -0.25) is 4.90 Å². The average molecular weight is 218 g/mol. The lowest BCUT2D eigenvalue weighted by molar-refractivity contribution is 0.308. The van der Waals surface area contributed by atoms with Crippen LogP contribution in [0.15, 0.2) is 21.2 Å². The van der Waals surface area contributed by atoms with Crippen LogP contribution in [0.3, 0.4) is 0 Å². The molecule has 1 aromatic heterocycles. The smallest absolute Gasteiger partial charge is 0.131 e. The summed E-state index contributed by atoms with van der Waals surface area (Å²) >= 11 is 3.40. The molecule has 11 heavy (non-hydrogen) atoms. The summed E-state index contributed by atoms with van der Waals surface area (Å²) in [5, 5.41) is 0. The number of nitrogens with zero attached hydrogens (tertiary/aromatic N) is 1. The molecule has 0 aromatic carbocycles. The summed E-state index contributed by atoms with van der Waals surface area (Å²) in [4.78, 5) is 2.18. The van der Waals surface area contributed by atoms with E-state index in [-0.39, 0.29) is 0 Å². The van der Waals surface area contributed by atoms with E-state index in [4.69, 9.17) is 4.42 Å². The Morgan fingerprint density at radius 2 is 2.36 bits per heavy atom. The molecular formula is C8H12BrNO. The van der Waals surface area contributed by atoms with Gasteiger partial charge in [0, 0.05) is 0 Å². The van der Waals surface area contributed by atoms with Gasteiger partial charge in [0.1, 0.15) is 5.76 Å². The number of halogens is 1. The molecular weight excluding hydrogens is 206 g/mol. The van der Waals surface area contributed by atoms with Crippen LogP contribution in [0.25, 0.3) is 0 Å². The second-order valence-electron chi connectivity index (χ2n) is 2.52. The van der Waals surface area contributed by atoms with E-state index in [0.717, 1.165) is 23.3 Å². The molecule has 0 radical (unpaired) electrons. The summed E-state index contributed by atoms with van der Waals surface area (Å²) in [5.41, 5.74) is 0. The van der Waals surface area contributed by atoms with Crippen molar-refractivity contribution in [1.29, 1.82) is 0 Å². The lowest BCUT2D eigenvalue weighted by atomic mass is 10.4. The summed E-state index contributed by atoms with van der Waals surface area (Å²) in [7, 11) is 2.06. The Morgan fingerprint density at radius 1 is 1.64 bits per heavy atom. The van der Waals surface area contributed by atoms with Crippen LogP contribution in [-0.4, -0.2) is 18.5 Å². The molecule has 0 amide bonds. The Hall–Kier alpha value is -0.280. The van der Waals surface area contributed by atoms with Crippen molar-refractivity contribution in [2.24, 2.45) is 0 Å². The SMILES string of the molecule is CCN(C)Cc1occc1Br. The van der Waals surface area contributed by atoms with Gasteiger partial charge < -0.3 is 4.42 Å². The Labute approximate surface area is 75.3 Å². The molecule has 0 N–H and O–H groups in total. The van der Waals surface area contributed by atoms with Crippen LogP contribution in [-0.2, 0) is 6.54 Å². The van der Waals surface area contributed by atoms with Gasteiger partial charge in [0.25, 0.3) is 0 Å². The predicted molar refractivity (Wildman–Crippen MR) is 48.4 cm³/mol. The van der Waals surface area contributed by atoms with E-state index in [2.05, 4.69) is 34.8 Å². The van der Waals surface area contributed by atoms with Crippen molar-refractivity contribution in [3.8, 4) is 0 Å². The van der Waals surface area contributed by atoms with Gasteiger partial charge in [-0.15, -0.1) is 0 Å².